The number of halogens is 3. The van der Waals surface area contributed by atoms with Gasteiger partial charge in [-0.2, -0.15) is 18.3 Å². The fraction of sp³-hybridized carbons (Fsp3) is 0.250. The molecular weight excluding hydrogens is 417 g/mol. The zero-order chi connectivity index (χ0) is 22.3. The molecule has 2 aromatic carbocycles. The Morgan fingerprint density at radius 3 is 2.53 bits per heavy atom. The molecule has 1 aliphatic rings. The zero-order valence-corrected chi connectivity index (χ0v) is 17.1. The quantitative estimate of drug-likeness (QED) is 0.506. The van der Waals surface area contributed by atoms with Crippen molar-refractivity contribution >= 4 is 10.9 Å². The molecule has 0 spiro atoms. The van der Waals surface area contributed by atoms with Gasteiger partial charge in [-0.3, -0.25) is 14.0 Å². The lowest BCUT2D eigenvalue weighted by Crippen LogP contribution is -2.27. The summed E-state index contributed by atoms with van der Waals surface area (Å²) in [5.74, 6) is 0. The van der Waals surface area contributed by atoms with Crippen LogP contribution in [0, 0.1) is 0 Å². The third-order valence-corrected chi connectivity index (χ3v) is 5.92. The van der Waals surface area contributed by atoms with Gasteiger partial charge in [0.15, 0.2) is 0 Å². The SMILES string of the molecule is O=c1cc(-c2ccc(C(F)(F)F)cc2)ccn1-c1ccc2c(cnn2CC2CCCN2)c1. The average Bonchev–Trinajstić information content (AvgIpc) is 3.43. The molecule has 1 aliphatic heterocycles. The van der Waals surface area contributed by atoms with Crippen LogP contribution >= 0.6 is 0 Å². The van der Waals surface area contributed by atoms with Crippen LogP contribution < -0.4 is 10.9 Å². The van der Waals surface area contributed by atoms with Gasteiger partial charge in [0.05, 0.1) is 23.8 Å². The number of alkyl halides is 3. The smallest absolute Gasteiger partial charge is 0.312 e. The maximum absolute atomic E-state index is 12.8. The predicted molar refractivity (Wildman–Crippen MR) is 117 cm³/mol. The summed E-state index contributed by atoms with van der Waals surface area (Å²) in [6, 6.07) is 14.1. The van der Waals surface area contributed by atoms with Gasteiger partial charge in [-0.25, -0.2) is 0 Å². The van der Waals surface area contributed by atoms with E-state index in [-0.39, 0.29) is 5.56 Å². The maximum atomic E-state index is 12.8. The first-order valence-electron chi connectivity index (χ1n) is 10.5. The number of hydrogen-bond acceptors (Lipinski definition) is 3. The van der Waals surface area contributed by atoms with E-state index in [1.807, 2.05) is 22.9 Å². The van der Waals surface area contributed by atoms with Gasteiger partial charge in [-0.05, 0) is 66.9 Å². The molecule has 2 aromatic heterocycles. The number of nitrogens with zero attached hydrogens (tertiary/aromatic N) is 3. The van der Waals surface area contributed by atoms with Crippen LogP contribution in [0.4, 0.5) is 13.2 Å². The van der Waals surface area contributed by atoms with Crippen molar-refractivity contribution in [2.75, 3.05) is 6.54 Å². The number of aromatic nitrogens is 3. The molecule has 5 nitrogen and oxygen atoms in total. The van der Waals surface area contributed by atoms with Crippen LogP contribution in [-0.2, 0) is 12.7 Å². The molecule has 3 heterocycles. The third-order valence-electron chi connectivity index (χ3n) is 5.92. The number of rotatable bonds is 4. The Bertz CT molecular complexity index is 1320. The Balaban J connectivity index is 1.42. The fourth-order valence-electron chi connectivity index (χ4n) is 4.21. The fourth-order valence-corrected chi connectivity index (χ4v) is 4.21. The highest BCUT2D eigenvalue weighted by Crippen LogP contribution is 2.30. The van der Waals surface area contributed by atoms with Crippen molar-refractivity contribution in [2.45, 2.75) is 31.6 Å². The number of hydrogen-bond donors (Lipinski definition) is 1. The molecule has 4 aromatic rings. The molecule has 1 atom stereocenters. The second-order valence-corrected chi connectivity index (χ2v) is 8.06. The summed E-state index contributed by atoms with van der Waals surface area (Å²) in [5, 5.41) is 8.92. The number of fused-ring (bicyclic) bond motifs is 1. The van der Waals surface area contributed by atoms with Crippen LogP contribution in [0.1, 0.15) is 18.4 Å². The normalized spacial score (nSPS) is 16.7. The standard InChI is InChI=1S/C24H21F3N4O/c25-24(26,27)19-5-3-16(4-6-19)17-9-11-30(23(32)13-17)21-7-8-22-18(12-21)14-29-31(22)15-20-2-1-10-28-20/h3-9,11-14,20,28H,1-2,10,15H2. The van der Waals surface area contributed by atoms with E-state index in [2.05, 4.69) is 10.4 Å². The summed E-state index contributed by atoms with van der Waals surface area (Å²) < 4.78 is 41.8. The number of nitrogens with one attached hydrogen (secondary N) is 1. The molecule has 0 radical (unpaired) electrons. The monoisotopic (exact) mass is 438 g/mol. The van der Waals surface area contributed by atoms with Crippen molar-refractivity contribution in [3.8, 4) is 16.8 Å². The first-order chi connectivity index (χ1) is 15.4. The van der Waals surface area contributed by atoms with E-state index in [9.17, 15) is 18.0 Å². The number of pyridine rings is 1. The van der Waals surface area contributed by atoms with E-state index in [1.165, 1.54) is 29.2 Å². The van der Waals surface area contributed by atoms with Crippen LogP contribution in [-0.4, -0.2) is 26.9 Å². The largest absolute Gasteiger partial charge is 0.416 e. The Morgan fingerprint density at radius 2 is 1.84 bits per heavy atom. The maximum Gasteiger partial charge on any atom is 0.416 e. The lowest BCUT2D eigenvalue weighted by Gasteiger charge is -2.12. The van der Waals surface area contributed by atoms with Gasteiger partial charge in [0.1, 0.15) is 0 Å². The summed E-state index contributed by atoms with van der Waals surface area (Å²) >= 11 is 0. The van der Waals surface area contributed by atoms with Crippen molar-refractivity contribution in [1.29, 1.82) is 0 Å². The molecular formula is C24H21F3N4O. The Labute approximate surface area is 182 Å². The van der Waals surface area contributed by atoms with Gasteiger partial charge < -0.3 is 5.32 Å². The van der Waals surface area contributed by atoms with Crippen LogP contribution in [0.15, 0.2) is 71.8 Å². The highest BCUT2D eigenvalue weighted by atomic mass is 19.4. The molecule has 0 bridgehead atoms. The van der Waals surface area contributed by atoms with Crippen molar-refractivity contribution in [3.63, 3.8) is 0 Å². The van der Waals surface area contributed by atoms with E-state index < -0.39 is 11.7 Å². The summed E-state index contributed by atoms with van der Waals surface area (Å²) in [6.45, 7) is 1.85. The van der Waals surface area contributed by atoms with Crippen molar-refractivity contribution in [3.05, 3.63) is 82.9 Å². The second kappa shape index (κ2) is 7.94. The minimum Gasteiger partial charge on any atom is -0.312 e. The van der Waals surface area contributed by atoms with E-state index in [0.717, 1.165) is 42.5 Å². The molecule has 1 fully saturated rings. The Kier molecular flexibility index (Phi) is 5.09. The first-order valence-corrected chi connectivity index (χ1v) is 10.5. The highest BCUT2D eigenvalue weighted by molar-refractivity contribution is 5.81. The Morgan fingerprint density at radius 1 is 1.03 bits per heavy atom. The minimum atomic E-state index is -4.39. The second-order valence-electron chi connectivity index (χ2n) is 8.06. The molecule has 1 unspecified atom stereocenters. The first kappa shape index (κ1) is 20.5. The molecule has 164 valence electrons. The topological polar surface area (TPSA) is 51.9 Å². The molecule has 1 N–H and O–H groups in total. The van der Waals surface area contributed by atoms with Gasteiger partial charge >= 0.3 is 6.18 Å². The van der Waals surface area contributed by atoms with Gasteiger partial charge in [0.25, 0.3) is 5.56 Å². The van der Waals surface area contributed by atoms with Crippen molar-refractivity contribution in [1.82, 2.24) is 19.7 Å². The molecule has 32 heavy (non-hydrogen) atoms. The lowest BCUT2D eigenvalue weighted by atomic mass is 10.0. The van der Waals surface area contributed by atoms with Gasteiger partial charge in [-0.1, -0.05) is 12.1 Å². The predicted octanol–water partition coefficient (Wildman–Crippen LogP) is 4.63. The molecule has 0 saturated carbocycles. The molecule has 0 aliphatic carbocycles. The van der Waals surface area contributed by atoms with Crippen LogP contribution in [0.5, 0.6) is 0 Å². The van der Waals surface area contributed by atoms with Crippen molar-refractivity contribution < 1.29 is 13.2 Å². The van der Waals surface area contributed by atoms with E-state index in [4.69, 9.17) is 0 Å². The van der Waals surface area contributed by atoms with E-state index in [1.54, 1.807) is 18.5 Å². The Hall–Kier alpha value is -3.39. The summed E-state index contributed by atoms with van der Waals surface area (Å²) in [6.07, 6.45) is 1.38. The highest BCUT2D eigenvalue weighted by Gasteiger charge is 2.30. The van der Waals surface area contributed by atoms with Crippen LogP contribution in [0.2, 0.25) is 0 Å². The van der Waals surface area contributed by atoms with Crippen LogP contribution in [0.3, 0.4) is 0 Å². The number of benzene rings is 2. The lowest BCUT2D eigenvalue weighted by molar-refractivity contribution is -0.137. The van der Waals surface area contributed by atoms with E-state index >= 15 is 0 Å². The van der Waals surface area contributed by atoms with E-state index in [0.29, 0.717) is 22.9 Å². The zero-order valence-electron chi connectivity index (χ0n) is 17.1. The average molecular weight is 438 g/mol. The summed E-state index contributed by atoms with van der Waals surface area (Å²) in [4.78, 5) is 12.8. The molecule has 8 heteroatoms. The molecule has 1 saturated heterocycles. The third kappa shape index (κ3) is 3.93. The summed E-state index contributed by atoms with van der Waals surface area (Å²) in [7, 11) is 0. The van der Waals surface area contributed by atoms with Gasteiger partial charge in [-0.15, -0.1) is 0 Å². The minimum absolute atomic E-state index is 0.260. The van der Waals surface area contributed by atoms with Gasteiger partial charge in [0, 0.05) is 29.4 Å². The van der Waals surface area contributed by atoms with Crippen LogP contribution in [0.25, 0.3) is 27.7 Å². The van der Waals surface area contributed by atoms with Gasteiger partial charge in [0.2, 0.25) is 0 Å². The summed E-state index contributed by atoms with van der Waals surface area (Å²) in [5.41, 5.74) is 1.87. The molecule has 0 amide bonds. The molecule has 5 rings (SSSR count). The van der Waals surface area contributed by atoms with Crippen molar-refractivity contribution in [2.24, 2.45) is 0 Å².